The van der Waals surface area contributed by atoms with Crippen LogP contribution in [0.15, 0.2) is 78.4 Å². The Morgan fingerprint density at radius 3 is 2.23 bits per heavy atom. The molecular formula is C38H35FO4. The van der Waals surface area contributed by atoms with Crippen molar-refractivity contribution >= 4 is 16.8 Å². The van der Waals surface area contributed by atoms with Crippen LogP contribution in [-0.4, -0.2) is 21.3 Å². The van der Waals surface area contributed by atoms with Crippen LogP contribution in [0.4, 0.5) is 4.39 Å². The molecule has 1 heterocycles. The lowest BCUT2D eigenvalue weighted by Gasteiger charge is -2.40. The second kappa shape index (κ2) is 9.77. The zero-order chi connectivity index (χ0) is 30.1. The first-order valence-electron chi connectivity index (χ1n) is 14.7. The van der Waals surface area contributed by atoms with Gasteiger partial charge >= 0.3 is 0 Å². The average Bonchev–Trinajstić information content (AvgIpc) is 3.27. The molecule has 2 aliphatic carbocycles. The van der Waals surface area contributed by atoms with Crippen molar-refractivity contribution in [3.63, 3.8) is 0 Å². The van der Waals surface area contributed by atoms with Gasteiger partial charge in [-0.25, -0.2) is 4.39 Å². The third-order valence-electron chi connectivity index (χ3n) is 9.38. The summed E-state index contributed by atoms with van der Waals surface area (Å²) in [6.45, 7) is 6.45. The monoisotopic (exact) mass is 574 g/mol. The van der Waals surface area contributed by atoms with Crippen molar-refractivity contribution in [2.75, 3.05) is 21.3 Å². The number of allylic oxidation sites excluding steroid dienone is 3. The molecule has 1 unspecified atom stereocenters. The molecular weight excluding hydrogens is 539 g/mol. The summed E-state index contributed by atoms with van der Waals surface area (Å²) in [7, 11) is 4.96. The topological polar surface area (TPSA) is 36.9 Å². The van der Waals surface area contributed by atoms with E-state index in [1.807, 2.05) is 31.2 Å². The molecule has 0 radical (unpaired) electrons. The molecule has 0 aromatic heterocycles. The van der Waals surface area contributed by atoms with E-state index in [9.17, 15) is 0 Å². The Labute approximate surface area is 252 Å². The van der Waals surface area contributed by atoms with Gasteiger partial charge in [-0.3, -0.25) is 0 Å². The zero-order valence-corrected chi connectivity index (χ0v) is 25.4. The normalized spacial score (nSPS) is 19.3. The fraction of sp³-hybridized carbons (Fsp3) is 0.263. The van der Waals surface area contributed by atoms with Crippen molar-refractivity contribution in [2.45, 2.75) is 44.6 Å². The summed E-state index contributed by atoms with van der Waals surface area (Å²) in [5.41, 5.74) is 7.11. The highest BCUT2D eigenvalue weighted by Gasteiger charge is 2.45. The largest absolute Gasteiger partial charge is 0.497 e. The minimum absolute atomic E-state index is 0.242. The average molecular weight is 575 g/mol. The summed E-state index contributed by atoms with van der Waals surface area (Å²) in [5.74, 6) is 2.55. The molecule has 4 aromatic rings. The smallest absolute Gasteiger partial charge is 0.174 e. The van der Waals surface area contributed by atoms with Crippen molar-refractivity contribution in [1.29, 1.82) is 0 Å². The second-order valence-electron chi connectivity index (χ2n) is 12.1. The van der Waals surface area contributed by atoms with Crippen LogP contribution >= 0.6 is 0 Å². The van der Waals surface area contributed by atoms with E-state index >= 15 is 4.39 Å². The number of methoxy groups -OCH3 is 3. The van der Waals surface area contributed by atoms with E-state index in [1.165, 1.54) is 5.57 Å². The molecule has 4 aromatic carbocycles. The van der Waals surface area contributed by atoms with E-state index in [0.29, 0.717) is 11.5 Å². The van der Waals surface area contributed by atoms with Gasteiger partial charge in [-0.2, -0.15) is 0 Å². The summed E-state index contributed by atoms with van der Waals surface area (Å²) >= 11 is 0. The van der Waals surface area contributed by atoms with Crippen LogP contribution in [-0.2, 0) is 11.0 Å². The lowest BCUT2D eigenvalue weighted by Crippen LogP contribution is -2.36. The molecule has 0 bridgehead atoms. The van der Waals surface area contributed by atoms with Gasteiger partial charge in [-0.05, 0) is 101 Å². The van der Waals surface area contributed by atoms with Crippen molar-refractivity contribution in [3.05, 3.63) is 112 Å². The van der Waals surface area contributed by atoms with E-state index < -0.39 is 11.0 Å². The zero-order valence-electron chi connectivity index (χ0n) is 25.4. The maximum absolute atomic E-state index is 15.0. The first kappa shape index (κ1) is 27.3. The van der Waals surface area contributed by atoms with E-state index in [1.54, 1.807) is 33.5 Å². The number of hydrogen-bond donors (Lipinski definition) is 0. The van der Waals surface area contributed by atoms with Crippen LogP contribution in [0.2, 0.25) is 0 Å². The summed E-state index contributed by atoms with van der Waals surface area (Å²) in [6.07, 6.45) is 12.7. The minimum Gasteiger partial charge on any atom is -0.497 e. The first-order valence-corrected chi connectivity index (χ1v) is 14.7. The number of halogens is 1. The molecule has 0 amide bonds. The predicted molar refractivity (Wildman–Crippen MR) is 170 cm³/mol. The fourth-order valence-electron chi connectivity index (χ4n) is 7.55. The van der Waals surface area contributed by atoms with Gasteiger partial charge in [0.25, 0.3) is 0 Å². The molecule has 0 spiro atoms. The van der Waals surface area contributed by atoms with Crippen molar-refractivity contribution < 1.29 is 23.3 Å². The van der Waals surface area contributed by atoms with Gasteiger partial charge in [0.15, 0.2) is 17.1 Å². The van der Waals surface area contributed by atoms with E-state index in [-0.39, 0.29) is 5.82 Å². The molecule has 5 heteroatoms. The van der Waals surface area contributed by atoms with Crippen LogP contribution < -0.4 is 18.9 Å². The molecule has 218 valence electrons. The number of rotatable bonds is 5. The van der Waals surface area contributed by atoms with Gasteiger partial charge in [0.05, 0.1) is 21.3 Å². The molecule has 4 nitrogen and oxygen atoms in total. The second-order valence-corrected chi connectivity index (χ2v) is 12.1. The quantitative estimate of drug-likeness (QED) is 0.238. The van der Waals surface area contributed by atoms with Gasteiger partial charge < -0.3 is 18.9 Å². The highest BCUT2D eigenvalue weighted by atomic mass is 19.1. The van der Waals surface area contributed by atoms with Crippen molar-refractivity contribution in [2.24, 2.45) is 0 Å². The summed E-state index contributed by atoms with van der Waals surface area (Å²) < 4.78 is 39.4. The van der Waals surface area contributed by atoms with Gasteiger partial charge in [0.2, 0.25) is 0 Å². The lowest BCUT2D eigenvalue weighted by molar-refractivity contribution is 0.154. The van der Waals surface area contributed by atoms with E-state index in [0.717, 1.165) is 74.1 Å². The number of aryl methyl sites for hydroxylation is 1. The minimum atomic E-state index is -0.823. The third kappa shape index (κ3) is 3.87. The maximum Gasteiger partial charge on any atom is 0.174 e. The number of fused-ring (bicyclic) bond motifs is 8. The van der Waals surface area contributed by atoms with E-state index in [4.69, 9.17) is 18.9 Å². The molecule has 0 N–H and O–H groups in total. The summed E-state index contributed by atoms with van der Waals surface area (Å²) in [6, 6.07) is 15.4. The van der Waals surface area contributed by atoms with Crippen molar-refractivity contribution in [3.8, 4) is 34.1 Å². The summed E-state index contributed by atoms with van der Waals surface area (Å²) in [5, 5.41) is 1.84. The molecule has 3 aliphatic rings. The third-order valence-corrected chi connectivity index (χ3v) is 9.38. The molecule has 0 saturated carbocycles. The molecule has 0 fully saturated rings. The van der Waals surface area contributed by atoms with Crippen LogP contribution in [0.5, 0.6) is 23.0 Å². The molecule has 1 atom stereocenters. The lowest BCUT2D eigenvalue weighted by atomic mass is 9.75. The number of hydrogen-bond acceptors (Lipinski definition) is 4. The first-order chi connectivity index (χ1) is 20.7. The van der Waals surface area contributed by atoms with Crippen LogP contribution in [0.3, 0.4) is 0 Å². The number of ether oxygens (including phenoxy) is 4. The highest BCUT2D eigenvalue weighted by molar-refractivity contribution is 6.09. The molecule has 1 aliphatic heterocycles. The fourth-order valence-corrected chi connectivity index (χ4v) is 7.55. The van der Waals surface area contributed by atoms with Gasteiger partial charge in [0, 0.05) is 21.9 Å². The van der Waals surface area contributed by atoms with Gasteiger partial charge in [0.1, 0.15) is 17.3 Å². The Kier molecular flexibility index (Phi) is 6.21. The maximum atomic E-state index is 15.0. The van der Waals surface area contributed by atoms with Gasteiger partial charge in [-0.15, -0.1) is 0 Å². The Bertz CT molecular complexity index is 1890. The van der Waals surface area contributed by atoms with Crippen LogP contribution in [0, 0.1) is 12.7 Å². The molecule has 43 heavy (non-hydrogen) atoms. The molecule has 7 rings (SSSR count). The van der Waals surface area contributed by atoms with E-state index in [2.05, 4.69) is 56.4 Å². The Hall–Kier alpha value is -4.51. The van der Waals surface area contributed by atoms with Crippen molar-refractivity contribution in [1.82, 2.24) is 0 Å². The van der Waals surface area contributed by atoms with Crippen LogP contribution in [0.25, 0.3) is 28.0 Å². The Balaban J connectivity index is 1.59. The number of benzene rings is 4. The highest BCUT2D eigenvalue weighted by Crippen LogP contribution is 2.60. The summed E-state index contributed by atoms with van der Waals surface area (Å²) in [4.78, 5) is 0. The predicted octanol–water partition coefficient (Wildman–Crippen LogP) is 9.20. The van der Waals surface area contributed by atoms with Gasteiger partial charge in [-0.1, -0.05) is 50.3 Å². The SMILES string of the molecule is COc1ccc(C2(C3=CC=CCC3)C=Cc3c4c(c5cc(OC)c(OC)cc5c3O2)-c2cc(F)cc(C)c2C4(C)C)cc1. The Morgan fingerprint density at radius 1 is 0.860 bits per heavy atom. The standard InChI is InChI=1S/C38H35FO4/c1-22-18-25(39)19-30-33-28-20-31(41-5)32(42-6)21-29(28)36-27(35(33)37(2,3)34(22)30)16-17-38(43-36,23-10-8-7-9-11-23)24-12-14-26(40-4)15-13-24/h7-8,10,12-21H,9,11H2,1-6H3. The molecule has 0 saturated heterocycles. The van der Waals surface area contributed by atoms with Crippen LogP contribution in [0.1, 0.15) is 54.5 Å². The Morgan fingerprint density at radius 2 is 1.58 bits per heavy atom.